The van der Waals surface area contributed by atoms with Crippen LogP contribution >= 0.6 is 0 Å². The number of nitrogens with one attached hydrogen (secondary N) is 3. The maximum absolute atomic E-state index is 13.3. The molecule has 4 amide bonds. The zero-order valence-electron chi connectivity index (χ0n) is 18.7. The van der Waals surface area contributed by atoms with Crippen molar-refractivity contribution in [3.63, 3.8) is 0 Å². The van der Waals surface area contributed by atoms with Crippen LogP contribution in [0.4, 0.5) is 13.2 Å². The number of hydrogen-bond donors (Lipinski definition) is 3. The lowest BCUT2D eigenvalue weighted by Gasteiger charge is -2.36. The number of nitriles is 1. The molecule has 3 fully saturated rings. The van der Waals surface area contributed by atoms with Crippen molar-refractivity contribution in [3.8, 4) is 6.07 Å². The van der Waals surface area contributed by atoms with Gasteiger partial charge < -0.3 is 20.9 Å². The van der Waals surface area contributed by atoms with Gasteiger partial charge in [-0.05, 0) is 36.5 Å². The zero-order valence-corrected chi connectivity index (χ0v) is 18.7. The number of alkyl halides is 3. The third-order valence-corrected chi connectivity index (χ3v) is 6.50. The van der Waals surface area contributed by atoms with Gasteiger partial charge in [-0.3, -0.25) is 19.2 Å². The highest BCUT2D eigenvalue weighted by Crippen LogP contribution is 2.50. The van der Waals surface area contributed by atoms with Crippen molar-refractivity contribution in [2.45, 2.75) is 64.3 Å². The second-order valence-corrected chi connectivity index (χ2v) is 10.1. The van der Waals surface area contributed by atoms with Crippen LogP contribution in [0.25, 0.3) is 0 Å². The number of halogens is 3. The molecular weight excluding hydrogens is 443 g/mol. The first-order valence-electron chi connectivity index (χ1n) is 10.9. The second-order valence-electron chi connectivity index (χ2n) is 10.1. The number of piperidine rings is 1. The van der Waals surface area contributed by atoms with Gasteiger partial charge in [0.2, 0.25) is 17.7 Å². The van der Waals surface area contributed by atoms with Crippen LogP contribution in [0.3, 0.4) is 0 Å². The summed E-state index contributed by atoms with van der Waals surface area (Å²) in [6.07, 6.45) is -3.77. The summed E-state index contributed by atoms with van der Waals surface area (Å²) in [5.41, 5.74) is -1.04. The largest absolute Gasteiger partial charge is 0.471 e. The van der Waals surface area contributed by atoms with Crippen LogP contribution in [0.5, 0.6) is 0 Å². The van der Waals surface area contributed by atoms with Crippen molar-refractivity contribution in [2.75, 3.05) is 13.1 Å². The summed E-state index contributed by atoms with van der Waals surface area (Å²) in [6.45, 7) is 5.27. The quantitative estimate of drug-likeness (QED) is 0.518. The van der Waals surface area contributed by atoms with Crippen LogP contribution in [0, 0.1) is 34.5 Å². The highest BCUT2D eigenvalue weighted by Gasteiger charge is 2.58. The van der Waals surface area contributed by atoms with Gasteiger partial charge in [-0.2, -0.15) is 18.4 Å². The molecule has 0 aromatic heterocycles. The molecule has 3 N–H and O–H groups in total. The molecule has 2 heterocycles. The molecule has 0 unspecified atom stereocenters. The standard InChI is InChI=1S/C21H28F3N5O4/c1-20(2,3)15(28-19(33)21(22,23)24)18(32)29-9-11-7-13(11)14(29)17(31)27-12(8-25)6-10-4-5-26-16(10)30/h10-15H,4-7,9H2,1-3H3,(H,26,30)(H,27,31)(H,28,33)/t10-,11-,12-,13-,14-,15+/m0/s1. The molecule has 2 aliphatic heterocycles. The summed E-state index contributed by atoms with van der Waals surface area (Å²) >= 11 is 0. The number of fused-ring (bicyclic) bond motifs is 1. The molecule has 0 aromatic carbocycles. The lowest BCUT2D eigenvalue weighted by Crippen LogP contribution is -2.60. The maximum atomic E-state index is 13.3. The Morgan fingerprint density at radius 2 is 1.91 bits per heavy atom. The van der Waals surface area contributed by atoms with E-state index in [9.17, 15) is 37.6 Å². The van der Waals surface area contributed by atoms with Crippen molar-refractivity contribution in [1.82, 2.24) is 20.9 Å². The van der Waals surface area contributed by atoms with Crippen molar-refractivity contribution >= 4 is 23.6 Å². The van der Waals surface area contributed by atoms with E-state index in [0.717, 1.165) is 0 Å². The summed E-state index contributed by atoms with van der Waals surface area (Å²) in [4.78, 5) is 50.9. The van der Waals surface area contributed by atoms with Crippen molar-refractivity contribution in [1.29, 1.82) is 5.26 Å². The van der Waals surface area contributed by atoms with Gasteiger partial charge in [0.15, 0.2) is 0 Å². The average molecular weight is 471 g/mol. The SMILES string of the molecule is CC(C)(C)[C@H](NC(=O)C(F)(F)F)C(=O)N1C[C@@H]2C[C@@H]2[C@H]1C(=O)N[C@H](C#N)C[C@@H]1CCNC1=O. The Bertz CT molecular complexity index is 879. The Morgan fingerprint density at radius 1 is 1.24 bits per heavy atom. The average Bonchev–Trinajstić information content (AvgIpc) is 3.17. The normalized spacial score (nSPS) is 28.3. The number of carbonyl (C=O) groups excluding carboxylic acids is 4. The van der Waals surface area contributed by atoms with Gasteiger partial charge >= 0.3 is 12.1 Å². The zero-order chi connectivity index (χ0) is 24.7. The smallest absolute Gasteiger partial charge is 0.356 e. The topological polar surface area (TPSA) is 131 Å². The molecule has 9 nitrogen and oxygen atoms in total. The van der Waals surface area contributed by atoms with Gasteiger partial charge in [-0.25, -0.2) is 0 Å². The molecular formula is C21H28F3N5O4. The van der Waals surface area contributed by atoms with Crippen molar-refractivity contribution in [2.24, 2.45) is 23.2 Å². The number of rotatable bonds is 6. The van der Waals surface area contributed by atoms with Crippen LogP contribution in [-0.4, -0.2) is 65.9 Å². The fourth-order valence-electron chi connectivity index (χ4n) is 4.61. The van der Waals surface area contributed by atoms with Crippen molar-refractivity contribution in [3.05, 3.63) is 0 Å². The molecule has 0 aromatic rings. The van der Waals surface area contributed by atoms with Gasteiger partial charge in [-0.15, -0.1) is 0 Å². The van der Waals surface area contributed by atoms with Crippen molar-refractivity contribution < 1.29 is 32.3 Å². The highest BCUT2D eigenvalue weighted by molar-refractivity contribution is 5.94. The predicted molar refractivity (Wildman–Crippen MR) is 108 cm³/mol. The molecule has 2 saturated heterocycles. The molecule has 6 atom stereocenters. The Morgan fingerprint density at radius 3 is 2.42 bits per heavy atom. The highest BCUT2D eigenvalue weighted by atomic mass is 19.4. The number of amides is 4. The Kier molecular flexibility index (Phi) is 6.64. The van der Waals surface area contributed by atoms with Crippen LogP contribution < -0.4 is 16.0 Å². The van der Waals surface area contributed by atoms with Gasteiger partial charge in [0, 0.05) is 19.0 Å². The summed E-state index contributed by atoms with van der Waals surface area (Å²) in [5.74, 6) is -4.25. The fourth-order valence-corrected chi connectivity index (χ4v) is 4.61. The maximum Gasteiger partial charge on any atom is 0.471 e. The minimum absolute atomic E-state index is 0.0461. The number of nitrogens with zero attached hydrogens (tertiary/aromatic N) is 2. The summed E-state index contributed by atoms with van der Waals surface area (Å²) in [6, 6.07) is -1.41. The Balaban J connectivity index is 1.73. The minimum atomic E-state index is -5.15. The molecule has 3 rings (SSSR count). The minimum Gasteiger partial charge on any atom is -0.356 e. The van der Waals surface area contributed by atoms with E-state index in [4.69, 9.17) is 0 Å². The van der Waals surface area contributed by atoms with Gasteiger partial charge in [0.25, 0.3) is 0 Å². The van der Waals surface area contributed by atoms with E-state index >= 15 is 0 Å². The molecule has 0 radical (unpaired) electrons. The fraction of sp³-hybridized carbons (Fsp3) is 0.762. The third-order valence-electron chi connectivity index (χ3n) is 6.50. The van der Waals surface area contributed by atoms with Gasteiger partial charge in [-0.1, -0.05) is 20.8 Å². The predicted octanol–water partition coefficient (Wildman–Crippen LogP) is 0.461. The molecule has 0 spiro atoms. The number of likely N-dealkylation sites (tertiary alicyclic amines) is 1. The lowest BCUT2D eigenvalue weighted by molar-refractivity contribution is -0.176. The third kappa shape index (κ3) is 5.39. The molecule has 182 valence electrons. The molecule has 1 saturated carbocycles. The molecule has 0 bridgehead atoms. The van der Waals surface area contributed by atoms with Crippen LogP contribution in [-0.2, 0) is 19.2 Å². The van der Waals surface area contributed by atoms with Crippen LogP contribution in [0.1, 0.15) is 40.0 Å². The molecule has 1 aliphatic carbocycles. The van der Waals surface area contributed by atoms with E-state index in [0.29, 0.717) is 19.4 Å². The molecule has 33 heavy (non-hydrogen) atoms. The van der Waals surface area contributed by atoms with Crippen LogP contribution in [0.15, 0.2) is 0 Å². The van der Waals surface area contributed by atoms with Gasteiger partial charge in [0.1, 0.15) is 18.1 Å². The molecule has 3 aliphatic rings. The summed E-state index contributed by atoms with van der Waals surface area (Å²) < 4.78 is 38.5. The first-order chi connectivity index (χ1) is 15.2. The van der Waals surface area contributed by atoms with E-state index in [1.54, 1.807) is 5.32 Å². The lowest BCUT2D eigenvalue weighted by atomic mass is 9.85. The van der Waals surface area contributed by atoms with E-state index in [1.165, 1.54) is 25.7 Å². The summed E-state index contributed by atoms with van der Waals surface area (Å²) in [7, 11) is 0. The van der Waals surface area contributed by atoms with E-state index < -0.39 is 53.4 Å². The number of hydrogen-bond acceptors (Lipinski definition) is 5. The summed E-state index contributed by atoms with van der Waals surface area (Å²) in [5, 5.41) is 16.5. The van der Waals surface area contributed by atoms with E-state index in [-0.39, 0.29) is 30.7 Å². The second kappa shape index (κ2) is 8.83. The number of carbonyl (C=O) groups is 4. The monoisotopic (exact) mass is 471 g/mol. The molecule has 12 heteroatoms. The van der Waals surface area contributed by atoms with Gasteiger partial charge in [0.05, 0.1) is 6.07 Å². The Hall–Kier alpha value is -2.84. The Labute approximate surface area is 189 Å². The van der Waals surface area contributed by atoms with Crippen LogP contribution in [0.2, 0.25) is 0 Å². The first-order valence-corrected chi connectivity index (χ1v) is 10.9. The first kappa shape index (κ1) is 24.8. The van der Waals surface area contributed by atoms with E-state index in [1.807, 2.05) is 6.07 Å². The van der Waals surface area contributed by atoms with E-state index in [2.05, 4.69) is 10.6 Å².